The van der Waals surface area contributed by atoms with Gasteiger partial charge in [0.05, 0.1) is 6.42 Å². The van der Waals surface area contributed by atoms with Crippen molar-refractivity contribution < 1.29 is 24.2 Å². The largest absolute Gasteiger partial charge is 0.475 e. The number of rotatable bonds is 9. The molecule has 1 aromatic rings. The van der Waals surface area contributed by atoms with Gasteiger partial charge >= 0.3 is 5.97 Å². The van der Waals surface area contributed by atoms with E-state index in [0.29, 0.717) is 12.2 Å². The fourth-order valence-corrected chi connectivity index (χ4v) is 1.83. The third-order valence-electron chi connectivity index (χ3n) is 2.81. The summed E-state index contributed by atoms with van der Waals surface area (Å²) in [6.07, 6.45) is 0.388. The number of aliphatic hydroxyl groups is 1. The van der Waals surface area contributed by atoms with Gasteiger partial charge in [0.1, 0.15) is 11.5 Å². The van der Waals surface area contributed by atoms with Crippen LogP contribution in [0, 0.1) is 0 Å². The minimum Gasteiger partial charge on any atom is -0.475 e. The molecule has 1 aromatic carbocycles. The van der Waals surface area contributed by atoms with Crippen molar-refractivity contribution in [3.05, 3.63) is 29.8 Å². The van der Waals surface area contributed by atoms with Crippen LogP contribution in [0.25, 0.3) is 0 Å². The van der Waals surface area contributed by atoms with Crippen LogP contribution in [-0.2, 0) is 20.7 Å². The average Bonchev–Trinajstić information content (AvgIpc) is 2.45. The van der Waals surface area contributed by atoms with Gasteiger partial charge in [0.2, 0.25) is 0 Å². The van der Waals surface area contributed by atoms with Crippen molar-refractivity contribution in [2.45, 2.75) is 45.6 Å². The topological polar surface area (TPSA) is 111 Å². The Balaban J connectivity index is 2.55. The fraction of sp³-hybridized carbons (Fsp3) is 0.500. The minimum absolute atomic E-state index is 0.0483. The lowest BCUT2D eigenvalue weighted by Crippen LogP contribution is -2.48. The Morgan fingerprint density at radius 1 is 1.30 bits per heavy atom. The molecule has 0 aliphatic rings. The SMILES string of the molecule is CCC(NC(C)(C)O)Oc1ccc(CC(=O)OCC(N)=O)cc1. The molecule has 1 rings (SSSR count). The van der Waals surface area contributed by atoms with Crippen LogP contribution in [0.4, 0.5) is 0 Å². The highest BCUT2D eigenvalue weighted by Crippen LogP contribution is 2.16. The van der Waals surface area contributed by atoms with Crippen LogP contribution in [0.5, 0.6) is 5.75 Å². The maximum atomic E-state index is 11.5. The van der Waals surface area contributed by atoms with E-state index < -0.39 is 24.2 Å². The number of esters is 1. The second kappa shape index (κ2) is 8.50. The number of carbonyl (C=O) groups excluding carboxylic acids is 2. The first-order valence-electron chi connectivity index (χ1n) is 7.39. The standard InChI is InChI=1S/C16H24N2O5/c1-4-14(18-16(2,3)21)23-12-7-5-11(6-8-12)9-15(20)22-10-13(17)19/h5-8,14,18,21H,4,9-10H2,1-3H3,(H2,17,19). The first kappa shape index (κ1) is 18.9. The van der Waals surface area contributed by atoms with Gasteiger partial charge in [-0.3, -0.25) is 14.9 Å². The lowest BCUT2D eigenvalue weighted by molar-refractivity contribution is -0.147. The zero-order chi connectivity index (χ0) is 17.5. The highest BCUT2D eigenvalue weighted by atomic mass is 16.5. The van der Waals surface area contributed by atoms with Gasteiger partial charge < -0.3 is 20.3 Å². The van der Waals surface area contributed by atoms with Gasteiger partial charge in [0.15, 0.2) is 12.8 Å². The molecule has 0 aliphatic carbocycles. The number of benzene rings is 1. The molecule has 23 heavy (non-hydrogen) atoms. The second-order valence-corrected chi connectivity index (χ2v) is 5.67. The molecule has 0 fully saturated rings. The van der Waals surface area contributed by atoms with Crippen molar-refractivity contribution in [3.63, 3.8) is 0 Å². The summed E-state index contributed by atoms with van der Waals surface area (Å²) in [4.78, 5) is 22.0. The normalized spacial score (nSPS) is 12.5. The molecule has 1 amide bonds. The van der Waals surface area contributed by atoms with Crippen LogP contribution in [0.1, 0.15) is 32.8 Å². The van der Waals surface area contributed by atoms with Crippen LogP contribution in [-0.4, -0.2) is 35.5 Å². The summed E-state index contributed by atoms with van der Waals surface area (Å²) in [6, 6.07) is 6.92. The molecule has 0 aliphatic heterocycles. The third-order valence-corrected chi connectivity index (χ3v) is 2.81. The highest BCUT2D eigenvalue weighted by molar-refractivity contribution is 5.79. The molecule has 0 radical (unpaired) electrons. The van der Waals surface area contributed by atoms with Gasteiger partial charge in [-0.2, -0.15) is 0 Å². The maximum absolute atomic E-state index is 11.5. The minimum atomic E-state index is -1.04. The van der Waals surface area contributed by atoms with E-state index in [4.69, 9.17) is 15.2 Å². The summed E-state index contributed by atoms with van der Waals surface area (Å²) < 4.78 is 10.4. The molecule has 7 heteroatoms. The average molecular weight is 324 g/mol. The van der Waals surface area contributed by atoms with Crippen molar-refractivity contribution >= 4 is 11.9 Å². The van der Waals surface area contributed by atoms with Crippen molar-refractivity contribution in [3.8, 4) is 5.75 Å². The summed E-state index contributed by atoms with van der Waals surface area (Å²) in [5, 5.41) is 12.7. The molecule has 4 N–H and O–H groups in total. The molecule has 0 bridgehead atoms. The van der Waals surface area contributed by atoms with E-state index in [9.17, 15) is 14.7 Å². The maximum Gasteiger partial charge on any atom is 0.310 e. The van der Waals surface area contributed by atoms with Crippen molar-refractivity contribution in [1.29, 1.82) is 0 Å². The Kier molecular flexibility index (Phi) is 6.99. The Morgan fingerprint density at radius 2 is 1.91 bits per heavy atom. The van der Waals surface area contributed by atoms with E-state index in [1.54, 1.807) is 38.1 Å². The number of primary amides is 1. The van der Waals surface area contributed by atoms with E-state index >= 15 is 0 Å². The first-order valence-corrected chi connectivity index (χ1v) is 7.39. The van der Waals surface area contributed by atoms with E-state index in [-0.39, 0.29) is 12.6 Å². The van der Waals surface area contributed by atoms with Gasteiger partial charge in [-0.1, -0.05) is 19.1 Å². The number of nitrogens with one attached hydrogen (secondary N) is 1. The second-order valence-electron chi connectivity index (χ2n) is 5.67. The Bertz CT molecular complexity index is 522. The van der Waals surface area contributed by atoms with Gasteiger partial charge in [-0.25, -0.2) is 0 Å². The molecule has 0 saturated heterocycles. The molecule has 7 nitrogen and oxygen atoms in total. The van der Waals surface area contributed by atoms with Gasteiger partial charge in [0.25, 0.3) is 5.91 Å². The van der Waals surface area contributed by atoms with Gasteiger partial charge in [0, 0.05) is 0 Å². The van der Waals surface area contributed by atoms with E-state index in [0.717, 1.165) is 5.56 Å². The molecule has 0 heterocycles. The number of hydrogen-bond acceptors (Lipinski definition) is 6. The molecule has 1 atom stereocenters. The first-order chi connectivity index (χ1) is 10.7. The number of amides is 1. The van der Waals surface area contributed by atoms with Crippen LogP contribution in [0.2, 0.25) is 0 Å². The molecule has 1 unspecified atom stereocenters. The van der Waals surface area contributed by atoms with Crippen LogP contribution in [0.15, 0.2) is 24.3 Å². The zero-order valence-electron chi connectivity index (χ0n) is 13.7. The molecule has 0 saturated carbocycles. The van der Waals surface area contributed by atoms with E-state index in [1.807, 2.05) is 6.92 Å². The number of nitrogens with two attached hydrogens (primary N) is 1. The molecular formula is C16H24N2O5. The summed E-state index contributed by atoms with van der Waals surface area (Å²) >= 11 is 0. The van der Waals surface area contributed by atoms with Crippen LogP contribution >= 0.6 is 0 Å². The molecule has 0 spiro atoms. The molecular weight excluding hydrogens is 300 g/mol. The van der Waals surface area contributed by atoms with Crippen LogP contribution < -0.4 is 15.8 Å². The Morgan fingerprint density at radius 3 is 2.39 bits per heavy atom. The van der Waals surface area contributed by atoms with Crippen LogP contribution in [0.3, 0.4) is 0 Å². The van der Waals surface area contributed by atoms with E-state index in [2.05, 4.69) is 5.32 Å². The number of carbonyl (C=O) groups is 2. The smallest absolute Gasteiger partial charge is 0.310 e. The summed E-state index contributed by atoms with van der Waals surface area (Å²) in [5.74, 6) is -0.595. The number of ether oxygens (including phenoxy) is 2. The lowest BCUT2D eigenvalue weighted by Gasteiger charge is -2.27. The summed E-state index contributed by atoms with van der Waals surface area (Å²) in [6.45, 7) is 4.80. The van der Waals surface area contributed by atoms with Crippen molar-refractivity contribution in [2.75, 3.05) is 6.61 Å². The Labute approximate surface area is 135 Å². The van der Waals surface area contributed by atoms with Crippen molar-refractivity contribution in [1.82, 2.24) is 5.32 Å². The molecule has 0 aromatic heterocycles. The Hall–Kier alpha value is -2.12. The fourth-order valence-electron chi connectivity index (χ4n) is 1.83. The monoisotopic (exact) mass is 324 g/mol. The molecule has 128 valence electrons. The summed E-state index contributed by atoms with van der Waals surface area (Å²) in [5.41, 5.74) is 4.60. The van der Waals surface area contributed by atoms with Gasteiger partial charge in [-0.05, 0) is 38.0 Å². The van der Waals surface area contributed by atoms with Crippen molar-refractivity contribution in [2.24, 2.45) is 5.73 Å². The highest BCUT2D eigenvalue weighted by Gasteiger charge is 2.18. The summed E-state index contributed by atoms with van der Waals surface area (Å²) in [7, 11) is 0. The predicted molar refractivity (Wildman–Crippen MR) is 84.4 cm³/mol. The number of hydrogen-bond donors (Lipinski definition) is 3. The zero-order valence-corrected chi connectivity index (χ0v) is 13.7. The van der Waals surface area contributed by atoms with E-state index in [1.165, 1.54) is 0 Å². The van der Waals surface area contributed by atoms with Gasteiger partial charge in [-0.15, -0.1) is 0 Å². The quantitative estimate of drug-likeness (QED) is 0.455. The predicted octanol–water partition coefficient (Wildman–Crippen LogP) is 0.691. The third kappa shape index (κ3) is 8.18. The lowest BCUT2D eigenvalue weighted by atomic mass is 10.1.